The minimum atomic E-state index is -3.63. The Morgan fingerprint density at radius 1 is 1.46 bits per heavy atom. The molecule has 0 saturated heterocycles. The number of hydrogen-bond donors (Lipinski definition) is 1. The van der Waals surface area contributed by atoms with Gasteiger partial charge in [0.05, 0.1) is 4.90 Å². The highest BCUT2D eigenvalue weighted by molar-refractivity contribution is 7.91. The summed E-state index contributed by atoms with van der Waals surface area (Å²) in [6, 6.07) is 5.80. The monoisotopic (exact) mass is 220 g/mol. The molecule has 0 aliphatic rings. The second-order valence-electron chi connectivity index (χ2n) is 2.60. The van der Waals surface area contributed by atoms with Gasteiger partial charge in [0, 0.05) is 5.02 Å². The van der Waals surface area contributed by atoms with Gasteiger partial charge in [0.2, 0.25) is 9.84 Å². The first kappa shape index (κ1) is 10.5. The molecule has 3 nitrogen and oxygen atoms in total. The maximum Gasteiger partial charge on any atom is 0.204 e. The van der Waals surface area contributed by atoms with E-state index in [9.17, 15) is 8.42 Å². The number of benzene rings is 1. The molecule has 0 spiro atoms. The lowest BCUT2D eigenvalue weighted by Gasteiger charge is -2.06. The molecule has 0 bridgehead atoms. The van der Waals surface area contributed by atoms with Gasteiger partial charge >= 0.3 is 0 Å². The molecule has 0 aliphatic carbocycles. The lowest BCUT2D eigenvalue weighted by atomic mass is 10.4. The topological polar surface area (TPSA) is 54.4 Å². The standard InChI is InChI=1S/C8H9ClO3S/c1-6(10)13(11,12)8-4-2-3-7(9)5-8/h2-6,10H,1H3. The van der Waals surface area contributed by atoms with Crippen molar-refractivity contribution in [2.24, 2.45) is 0 Å². The van der Waals surface area contributed by atoms with Gasteiger partial charge in [-0.1, -0.05) is 17.7 Å². The van der Waals surface area contributed by atoms with Crippen molar-refractivity contribution >= 4 is 21.4 Å². The van der Waals surface area contributed by atoms with Gasteiger partial charge in [-0.3, -0.25) is 0 Å². The third-order valence-electron chi connectivity index (χ3n) is 1.57. The third kappa shape index (κ3) is 2.21. The molecule has 0 radical (unpaired) electrons. The zero-order valence-electron chi connectivity index (χ0n) is 6.94. The summed E-state index contributed by atoms with van der Waals surface area (Å²) in [4.78, 5) is 0.0370. The molecule has 0 fully saturated rings. The van der Waals surface area contributed by atoms with E-state index in [1.165, 1.54) is 25.1 Å². The molecule has 5 heteroatoms. The summed E-state index contributed by atoms with van der Waals surface area (Å²) in [6.07, 6.45) is 0. The Morgan fingerprint density at radius 2 is 2.08 bits per heavy atom. The predicted octanol–water partition coefficient (Wildman–Crippen LogP) is 1.45. The van der Waals surface area contributed by atoms with Crippen LogP contribution in [0.15, 0.2) is 29.2 Å². The van der Waals surface area contributed by atoms with Gasteiger partial charge in [-0.25, -0.2) is 8.42 Å². The van der Waals surface area contributed by atoms with E-state index < -0.39 is 15.3 Å². The van der Waals surface area contributed by atoms with Crippen LogP contribution in [0.2, 0.25) is 5.02 Å². The Labute approximate surface area is 81.9 Å². The summed E-state index contributed by atoms with van der Waals surface area (Å²) in [7, 11) is -3.63. The van der Waals surface area contributed by atoms with Gasteiger partial charge in [-0.05, 0) is 25.1 Å². The maximum absolute atomic E-state index is 11.4. The molecule has 1 N–H and O–H groups in total. The van der Waals surface area contributed by atoms with Crippen molar-refractivity contribution in [3.63, 3.8) is 0 Å². The van der Waals surface area contributed by atoms with Crippen molar-refractivity contribution in [2.45, 2.75) is 17.3 Å². The van der Waals surface area contributed by atoms with Gasteiger partial charge in [0.25, 0.3) is 0 Å². The fourth-order valence-corrected chi connectivity index (χ4v) is 2.05. The van der Waals surface area contributed by atoms with Crippen LogP contribution in [0.4, 0.5) is 0 Å². The van der Waals surface area contributed by atoms with Crippen LogP contribution in [-0.4, -0.2) is 19.0 Å². The maximum atomic E-state index is 11.4. The van der Waals surface area contributed by atoms with Gasteiger partial charge in [0.1, 0.15) is 0 Å². The second-order valence-corrected chi connectivity index (χ2v) is 5.28. The Bertz CT molecular complexity index is 398. The van der Waals surface area contributed by atoms with Crippen LogP contribution in [0.25, 0.3) is 0 Å². The summed E-state index contributed by atoms with van der Waals surface area (Å²) >= 11 is 5.61. The van der Waals surface area contributed by atoms with Crippen LogP contribution in [0.3, 0.4) is 0 Å². The number of sulfone groups is 1. The van der Waals surface area contributed by atoms with Crippen molar-refractivity contribution in [3.8, 4) is 0 Å². The summed E-state index contributed by atoms with van der Waals surface area (Å²) < 4.78 is 22.8. The molecule has 1 aromatic carbocycles. The lowest BCUT2D eigenvalue weighted by Crippen LogP contribution is -2.16. The van der Waals surface area contributed by atoms with Crippen LogP contribution >= 0.6 is 11.6 Å². The van der Waals surface area contributed by atoms with Crippen LogP contribution in [0.1, 0.15) is 6.92 Å². The van der Waals surface area contributed by atoms with Gasteiger partial charge in [-0.15, -0.1) is 0 Å². The SMILES string of the molecule is CC(O)S(=O)(=O)c1cccc(Cl)c1. The molecule has 1 atom stereocenters. The molecule has 0 amide bonds. The van der Waals surface area contributed by atoms with Crippen LogP contribution in [-0.2, 0) is 9.84 Å². The van der Waals surface area contributed by atoms with E-state index in [1.54, 1.807) is 6.07 Å². The molecular formula is C8H9ClO3S. The molecule has 13 heavy (non-hydrogen) atoms. The highest BCUT2D eigenvalue weighted by atomic mass is 35.5. The molecule has 0 aliphatic heterocycles. The smallest absolute Gasteiger partial charge is 0.204 e. The van der Waals surface area contributed by atoms with E-state index >= 15 is 0 Å². The summed E-state index contributed by atoms with van der Waals surface area (Å²) in [6.45, 7) is 1.20. The molecule has 0 aromatic heterocycles. The number of halogens is 1. The highest BCUT2D eigenvalue weighted by Crippen LogP contribution is 2.18. The number of aliphatic hydroxyl groups is 1. The molecule has 1 rings (SSSR count). The van der Waals surface area contributed by atoms with Gasteiger partial charge in [0.15, 0.2) is 5.44 Å². The fourth-order valence-electron chi connectivity index (χ4n) is 0.841. The van der Waals surface area contributed by atoms with E-state index in [4.69, 9.17) is 16.7 Å². The normalized spacial score (nSPS) is 14.1. The van der Waals surface area contributed by atoms with Gasteiger partial charge in [-0.2, -0.15) is 0 Å². The van der Waals surface area contributed by atoms with Gasteiger partial charge < -0.3 is 5.11 Å². The van der Waals surface area contributed by atoms with E-state index in [0.29, 0.717) is 5.02 Å². The van der Waals surface area contributed by atoms with Crippen molar-refractivity contribution in [1.82, 2.24) is 0 Å². The zero-order valence-corrected chi connectivity index (χ0v) is 8.51. The average molecular weight is 221 g/mol. The molecule has 0 heterocycles. The summed E-state index contributed by atoms with van der Waals surface area (Å²) in [5, 5.41) is 9.33. The highest BCUT2D eigenvalue weighted by Gasteiger charge is 2.20. The first-order valence-electron chi connectivity index (χ1n) is 3.62. The fraction of sp³-hybridized carbons (Fsp3) is 0.250. The number of hydrogen-bond acceptors (Lipinski definition) is 3. The third-order valence-corrected chi connectivity index (χ3v) is 3.62. The zero-order chi connectivity index (χ0) is 10.1. The van der Waals surface area contributed by atoms with Crippen LogP contribution in [0.5, 0.6) is 0 Å². The van der Waals surface area contributed by atoms with Crippen molar-refractivity contribution < 1.29 is 13.5 Å². The quantitative estimate of drug-likeness (QED) is 0.821. The largest absolute Gasteiger partial charge is 0.377 e. The molecular weight excluding hydrogens is 212 g/mol. The summed E-state index contributed by atoms with van der Waals surface area (Å²) in [5.41, 5.74) is -1.41. The van der Waals surface area contributed by atoms with Crippen molar-refractivity contribution in [2.75, 3.05) is 0 Å². The first-order chi connectivity index (χ1) is 5.94. The Balaban J connectivity index is 3.24. The van der Waals surface area contributed by atoms with E-state index in [-0.39, 0.29) is 4.90 Å². The molecule has 72 valence electrons. The Morgan fingerprint density at radius 3 is 2.54 bits per heavy atom. The minimum Gasteiger partial charge on any atom is -0.377 e. The Hall–Kier alpha value is -0.580. The first-order valence-corrected chi connectivity index (χ1v) is 5.54. The van der Waals surface area contributed by atoms with Crippen LogP contribution in [0, 0.1) is 0 Å². The van der Waals surface area contributed by atoms with E-state index in [1.807, 2.05) is 0 Å². The summed E-state index contributed by atoms with van der Waals surface area (Å²) in [5.74, 6) is 0. The van der Waals surface area contributed by atoms with Crippen molar-refractivity contribution in [3.05, 3.63) is 29.3 Å². The van der Waals surface area contributed by atoms with Crippen molar-refractivity contribution in [1.29, 1.82) is 0 Å². The molecule has 1 unspecified atom stereocenters. The average Bonchev–Trinajstić information content (AvgIpc) is 2.04. The Kier molecular flexibility index (Phi) is 2.95. The van der Waals surface area contributed by atoms with E-state index in [0.717, 1.165) is 0 Å². The minimum absolute atomic E-state index is 0.0370. The number of aliphatic hydroxyl groups excluding tert-OH is 1. The molecule has 1 aromatic rings. The predicted molar refractivity (Wildman–Crippen MR) is 50.3 cm³/mol. The molecule has 0 saturated carbocycles. The number of rotatable bonds is 2. The van der Waals surface area contributed by atoms with Crippen LogP contribution < -0.4 is 0 Å². The second kappa shape index (κ2) is 3.65. The van der Waals surface area contributed by atoms with E-state index in [2.05, 4.69) is 0 Å². The lowest BCUT2D eigenvalue weighted by molar-refractivity contribution is 0.268.